The van der Waals surface area contributed by atoms with Gasteiger partial charge in [-0.2, -0.15) is 0 Å². The molecule has 2 amide bonds. The van der Waals surface area contributed by atoms with Gasteiger partial charge in [-0.25, -0.2) is 4.39 Å². The van der Waals surface area contributed by atoms with Gasteiger partial charge in [-0.1, -0.05) is 11.6 Å². The number of anilines is 1. The molecular weight excluding hydrogens is 375 g/mol. The van der Waals surface area contributed by atoms with Crippen molar-refractivity contribution in [2.24, 2.45) is 17.8 Å². The van der Waals surface area contributed by atoms with E-state index in [1.54, 1.807) is 4.90 Å². The molecule has 1 saturated carbocycles. The fraction of sp³-hybridized carbons (Fsp3) is 0.526. The Morgan fingerprint density at radius 2 is 1.74 bits per heavy atom. The molecule has 2 atom stereocenters. The SMILES string of the molecule is O=C(Nc1ccc(F)c(Cl)c1)C1CCN(C(=O)[C@H]2CC[C@@H](C(=O)O)C2)CC1. The van der Waals surface area contributed by atoms with Crippen molar-refractivity contribution in [3.8, 4) is 0 Å². The van der Waals surface area contributed by atoms with Gasteiger partial charge < -0.3 is 15.3 Å². The van der Waals surface area contributed by atoms with Crippen LogP contribution in [0, 0.1) is 23.6 Å². The largest absolute Gasteiger partial charge is 0.481 e. The summed E-state index contributed by atoms with van der Waals surface area (Å²) in [6.07, 6.45) is 2.65. The Balaban J connectivity index is 1.49. The van der Waals surface area contributed by atoms with Crippen LogP contribution in [0.25, 0.3) is 0 Å². The smallest absolute Gasteiger partial charge is 0.306 e. The number of carbonyl (C=O) groups is 3. The Morgan fingerprint density at radius 3 is 2.33 bits per heavy atom. The normalized spacial score (nSPS) is 23.3. The van der Waals surface area contributed by atoms with Crippen LogP contribution < -0.4 is 5.32 Å². The quantitative estimate of drug-likeness (QED) is 0.818. The molecule has 0 radical (unpaired) electrons. The van der Waals surface area contributed by atoms with E-state index in [0.29, 0.717) is 50.9 Å². The van der Waals surface area contributed by atoms with E-state index in [0.717, 1.165) is 0 Å². The Labute approximate surface area is 161 Å². The van der Waals surface area contributed by atoms with Gasteiger partial charge in [0.2, 0.25) is 11.8 Å². The molecule has 0 bridgehead atoms. The van der Waals surface area contributed by atoms with Crippen molar-refractivity contribution in [3.05, 3.63) is 29.0 Å². The molecule has 6 nitrogen and oxygen atoms in total. The van der Waals surface area contributed by atoms with Gasteiger partial charge in [0.05, 0.1) is 10.9 Å². The molecule has 1 heterocycles. The molecule has 1 aliphatic heterocycles. The summed E-state index contributed by atoms with van der Waals surface area (Å²) in [5.41, 5.74) is 0.440. The molecule has 146 valence electrons. The average molecular weight is 397 g/mol. The summed E-state index contributed by atoms with van der Waals surface area (Å²) in [6.45, 7) is 0.963. The van der Waals surface area contributed by atoms with Crippen LogP contribution in [0.4, 0.5) is 10.1 Å². The Morgan fingerprint density at radius 1 is 1.07 bits per heavy atom. The molecule has 1 aliphatic carbocycles. The fourth-order valence-corrected chi connectivity index (χ4v) is 4.05. The van der Waals surface area contributed by atoms with E-state index in [-0.39, 0.29) is 28.7 Å². The van der Waals surface area contributed by atoms with Crippen LogP contribution in [0.3, 0.4) is 0 Å². The maximum absolute atomic E-state index is 13.2. The van der Waals surface area contributed by atoms with E-state index in [1.807, 2.05) is 0 Å². The first kappa shape index (κ1) is 19.6. The Hall–Kier alpha value is -2.15. The van der Waals surface area contributed by atoms with E-state index < -0.39 is 17.7 Å². The molecule has 0 unspecified atom stereocenters. The summed E-state index contributed by atoms with van der Waals surface area (Å²) in [7, 11) is 0. The van der Waals surface area contributed by atoms with E-state index in [4.69, 9.17) is 16.7 Å². The molecule has 1 saturated heterocycles. The third-order valence-electron chi connectivity index (χ3n) is 5.50. The van der Waals surface area contributed by atoms with E-state index >= 15 is 0 Å². The maximum atomic E-state index is 13.2. The number of hydrogen-bond donors (Lipinski definition) is 2. The number of nitrogens with zero attached hydrogens (tertiary/aromatic N) is 1. The topological polar surface area (TPSA) is 86.7 Å². The van der Waals surface area contributed by atoms with Crippen molar-refractivity contribution in [2.45, 2.75) is 32.1 Å². The van der Waals surface area contributed by atoms with Crippen molar-refractivity contribution in [2.75, 3.05) is 18.4 Å². The molecule has 2 fully saturated rings. The number of aliphatic carboxylic acids is 1. The number of amides is 2. The van der Waals surface area contributed by atoms with Crippen LogP contribution in [-0.4, -0.2) is 40.9 Å². The lowest BCUT2D eigenvalue weighted by atomic mass is 9.94. The van der Waals surface area contributed by atoms with Crippen LogP contribution in [0.1, 0.15) is 32.1 Å². The van der Waals surface area contributed by atoms with Crippen molar-refractivity contribution < 1.29 is 23.9 Å². The van der Waals surface area contributed by atoms with Crippen LogP contribution in [0.2, 0.25) is 5.02 Å². The molecule has 2 aliphatic rings. The summed E-state index contributed by atoms with van der Waals surface area (Å²) in [4.78, 5) is 37.8. The van der Waals surface area contributed by atoms with Crippen molar-refractivity contribution in [1.29, 1.82) is 0 Å². The minimum Gasteiger partial charge on any atom is -0.481 e. The van der Waals surface area contributed by atoms with Gasteiger partial charge >= 0.3 is 5.97 Å². The second-order valence-corrected chi connectivity index (χ2v) is 7.67. The third kappa shape index (κ3) is 4.58. The highest BCUT2D eigenvalue weighted by Gasteiger charge is 2.37. The van der Waals surface area contributed by atoms with Gasteiger partial charge in [0, 0.05) is 30.6 Å². The first-order valence-corrected chi connectivity index (χ1v) is 9.50. The van der Waals surface area contributed by atoms with Gasteiger partial charge in [0.15, 0.2) is 0 Å². The highest BCUT2D eigenvalue weighted by atomic mass is 35.5. The van der Waals surface area contributed by atoms with Crippen LogP contribution in [-0.2, 0) is 14.4 Å². The number of piperidine rings is 1. The summed E-state index contributed by atoms with van der Waals surface area (Å²) in [5.74, 6) is -2.42. The lowest BCUT2D eigenvalue weighted by Crippen LogP contribution is -2.43. The zero-order chi connectivity index (χ0) is 19.6. The number of carbonyl (C=O) groups excluding carboxylic acids is 2. The Kier molecular flexibility index (Phi) is 5.99. The van der Waals surface area contributed by atoms with E-state index in [2.05, 4.69) is 5.32 Å². The molecule has 27 heavy (non-hydrogen) atoms. The zero-order valence-electron chi connectivity index (χ0n) is 14.8. The summed E-state index contributed by atoms with van der Waals surface area (Å²) >= 11 is 5.72. The van der Waals surface area contributed by atoms with Crippen molar-refractivity contribution in [1.82, 2.24) is 4.90 Å². The van der Waals surface area contributed by atoms with Gasteiger partial charge in [-0.05, 0) is 50.3 Å². The predicted octanol–water partition coefficient (Wildman–Crippen LogP) is 3.16. The number of halogens is 2. The number of hydrogen-bond acceptors (Lipinski definition) is 3. The maximum Gasteiger partial charge on any atom is 0.306 e. The molecule has 0 aromatic heterocycles. The van der Waals surface area contributed by atoms with Gasteiger partial charge in [0.25, 0.3) is 0 Å². The van der Waals surface area contributed by atoms with Crippen LogP contribution in [0.15, 0.2) is 18.2 Å². The Bertz CT molecular complexity index is 749. The fourth-order valence-electron chi connectivity index (χ4n) is 3.87. The number of likely N-dealkylation sites (tertiary alicyclic amines) is 1. The first-order chi connectivity index (χ1) is 12.8. The van der Waals surface area contributed by atoms with Crippen molar-refractivity contribution >= 4 is 35.1 Å². The molecule has 8 heteroatoms. The molecule has 0 spiro atoms. The van der Waals surface area contributed by atoms with Gasteiger partial charge in [-0.3, -0.25) is 14.4 Å². The standard InChI is InChI=1S/C19H22ClFN2O4/c20-15-10-14(3-4-16(15)21)22-17(24)11-5-7-23(8-6-11)18(25)12-1-2-13(9-12)19(26)27/h3-4,10-13H,1-2,5-9H2,(H,22,24)(H,26,27)/t12-,13+/m0/s1. The van der Waals surface area contributed by atoms with Crippen molar-refractivity contribution in [3.63, 3.8) is 0 Å². The number of carboxylic acid groups (broad SMARTS) is 1. The summed E-state index contributed by atoms with van der Waals surface area (Å²) in [6, 6.07) is 4.02. The number of nitrogens with one attached hydrogen (secondary N) is 1. The molecule has 1 aromatic carbocycles. The summed E-state index contributed by atoms with van der Waals surface area (Å²) < 4.78 is 13.2. The second kappa shape index (κ2) is 8.25. The average Bonchev–Trinajstić information content (AvgIpc) is 3.15. The molecule has 1 aromatic rings. The number of carboxylic acids is 1. The lowest BCUT2D eigenvalue weighted by molar-refractivity contribution is -0.142. The predicted molar refractivity (Wildman–Crippen MR) is 97.8 cm³/mol. The second-order valence-electron chi connectivity index (χ2n) is 7.26. The zero-order valence-corrected chi connectivity index (χ0v) is 15.5. The number of rotatable bonds is 4. The van der Waals surface area contributed by atoms with Crippen LogP contribution >= 0.6 is 11.6 Å². The molecular formula is C19H22ClFN2O4. The lowest BCUT2D eigenvalue weighted by Gasteiger charge is -2.33. The van der Waals surface area contributed by atoms with Gasteiger partial charge in [0.1, 0.15) is 5.82 Å². The van der Waals surface area contributed by atoms with E-state index in [1.165, 1.54) is 18.2 Å². The van der Waals surface area contributed by atoms with Gasteiger partial charge in [-0.15, -0.1) is 0 Å². The molecule has 3 rings (SSSR count). The van der Waals surface area contributed by atoms with Crippen LogP contribution in [0.5, 0.6) is 0 Å². The third-order valence-corrected chi connectivity index (χ3v) is 5.79. The highest BCUT2D eigenvalue weighted by Crippen LogP contribution is 2.33. The minimum atomic E-state index is -0.832. The monoisotopic (exact) mass is 396 g/mol. The summed E-state index contributed by atoms with van der Waals surface area (Å²) in [5, 5.41) is 11.8. The highest BCUT2D eigenvalue weighted by molar-refractivity contribution is 6.31. The molecule has 2 N–H and O–H groups in total. The minimum absolute atomic E-state index is 0.00271. The van der Waals surface area contributed by atoms with E-state index in [9.17, 15) is 18.8 Å². The number of benzene rings is 1. The first-order valence-electron chi connectivity index (χ1n) is 9.12.